The summed E-state index contributed by atoms with van der Waals surface area (Å²) in [5.41, 5.74) is 1.16. The summed E-state index contributed by atoms with van der Waals surface area (Å²) >= 11 is 6.36. The number of sulfonamides is 1. The molecular formula is C27H34ClN3O5S. The molecule has 1 fully saturated rings. The van der Waals surface area contributed by atoms with E-state index < -0.39 is 28.5 Å². The van der Waals surface area contributed by atoms with Crippen LogP contribution in [0.3, 0.4) is 0 Å². The lowest BCUT2D eigenvalue weighted by molar-refractivity contribution is -0.139. The Hall–Kier alpha value is -2.91. The van der Waals surface area contributed by atoms with Crippen LogP contribution in [0.1, 0.15) is 61.9 Å². The average molecular weight is 548 g/mol. The number of ketones is 1. The second-order valence-corrected chi connectivity index (χ2v) is 11.8. The van der Waals surface area contributed by atoms with Gasteiger partial charge in [0.1, 0.15) is 12.6 Å². The molecule has 0 saturated heterocycles. The van der Waals surface area contributed by atoms with Gasteiger partial charge in [-0.1, -0.05) is 61.2 Å². The van der Waals surface area contributed by atoms with Gasteiger partial charge in [0.05, 0.1) is 11.9 Å². The van der Waals surface area contributed by atoms with Gasteiger partial charge >= 0.3 is 0 Å². The number of amides is 2. The van der Waals surface area contributed by atoms with Gasteiger partial charge in [0, 0.05) is 23.2 Å². The van der Waals surface area contributed by atoms with Crippen molar-refractivity contribution in [2.24, 2.45) is 0 Å². The van der Waals surface area contributed by atoms with Crippen LogP contribution in [0, 0.1) is 0 Å². The zero-order valence-electron chi connectivity index (χ0n) is 21.4. The maximum atomic E-state index is 13.7. The molecule has 1 aliphatic rings. The van der Waals surface area contributed by atoms with Crippen molar-refractivity contribution in [3.8, 4) is 0 Å². The fraction of sp³-hybridized carbons (Fsp3) is 0.444. The molecule has 0 unspecified atom stereocenters. The highest BCUT2D eigenvalue weighted by molar-refractivity contribution is 7.92. The maximum Gasteiger partial charge on any atom is 0.244 e. The summed E-state index contributed by atoms with van der Waals surface area (Å²) in [5, 5.41) is 3.49. The van der Waals surface area contributed by atoms with Gasteiger partial charge in [-0.2, -0.15) is 0 Å². The third kappa shape index (κ3) is 7.79. The fourth-order valence-electron chi connectivity index (χ4n) is 4.46. The molecule has 0 aliphatic heterocycles. The van der Waals surface area contributed by atoms with Crippen LogP contribution in [0.15, 0.2) is 48.5 Å². The average Bonchev–Trinajstić information content (AvgIpc) is 2.86. The van der Waals surface area contributed by atoms with Crippen LogP contribution >= 0.6 is 11.6 Å². The van der Waals surface area contributed by atoms with E-state index in [0.29, 0.717) is 16.1 Å². The largest absolute Gasteiger partial charge is 0.352 e. The summed E-state index contributed by atoms with van der Waals surface area (Å²) in [6.07, 6.45) is 6.02. The highest BCUT2D eigenvalue weighted by Gasteiger charge is 2.31. The van der Waals surface area contributed by atoms with Crippen LogP contribution in [-0.2, 0) is 26.2 Å². The SMILES string of the molecule is CC(=O)c1cccc(N(CC(=O)N(Cc2ccccc2Cl)[C@@H](C)C(=O)NC2CCCCC2)S(C)(=O)=O)c1. The first-order chi connectivity index (χ1) is 17.5. The molecule has 0 spiro atoms. The van der Waals surface area contributed by atoms with Crippen molar-refractivity contribution in [1.82, 2.24) is 10.2 Å². The highest BCUT2D eigenvalue weighted by atomic mass is 35.5. The Morgan fingerprint density at radius 1 is 1.05 bits per heavy atom. The first kappa shape index (κ1) is 28.7. The molecule has 8 nitrogen and oxygen atoms in total. The molecular weight excluding hydrogens is 514 g/mol. The molecule has 1 N–H and O–H groups in total. The van der Waals surface area contributed by atoms with Crippen LogP contribution in [0.2, 0.25) is 5.02 Å². The molecule has 3 rings (SSSR count). The van der Waals surface area contributed by atoms with Crippen molar-refractivity contribution in [3.05, 3.63) is 64.7 Å². The summed E-state index contributed by atoms with van der Waals surface area (Å²) < 4.78 is 26.4. The third-order valence-electron chi connectivity index (χ3n) is 6.64. The van der Waals surface area contributed by atoms with Gasteiger partial charge in [0.2, 0.25) is 21.8 Å². The number of nitrogens with zero attached hydrogens (tertiary/aromatic N) is 2. The minimum absolute atomic E-state index is 0.0306. The van der Waals surface area contributed by atoms with Gasteiger partial charge in [0.25, 0.3) is 0 Å². The van der Waals surface area contributed by atoms with Gasteiger partial charge in [-0.25, -0.2) is 8.42 Å². The molecule has 2 aromatic carbocycles. The zero-order chi connectivity index (χ0) is 27.2. The molecule has 0 bridgehead atoms. The van der Waals surface area contributed by atoms with Gasteiger partial charge in [0.15, 0.2) is 5.78 Å². The molecule has 0 heterocycles. The van der Waals surface area contributed by atoms with E-state index in [2.05, 4.69) is 5.32 Å². The Morgan fingerprint density at radius 3 is 2.35 bits per heavy atom. The molecule has 0 radical (unpaired) electrons. The molecule has 37 heavy (non-hydrogen) atoms. The lowest BCUT2D eigenvalue weighted by Gasteiger charge is -2.33. The topological polar surface area (TPSA) is 104 Å². The van der Waals surface area contributed by atoms with Gasteiger partial charge in [-0.15, -0.1) is 0 Å². The minimum Gasteiger partial charge on any atom is -0.352 e. The zero-order valence-corrected chi connectivity index (χ0v) is 23.0. The van der Waals surface area contributed by atoms with Crippen molar-refractivity contribution >= 4 is 44.9 Å². The highest BCUT2D eigenvalue weighted by Crippen LogP contribution is 2.23. The Morgan fingerprint density at radius 2 is 1.73 bits per heavy atom. The monoisotopic (exact) mass is 547 g/mol. The van der Waals surface area contributed by atoms with Crippen LogP contribution < -0.4 is 9.62 Å². The summed E-state index contributed by atoms with van der Waals surface area (Å²) in [7, 11) is -3.89. The van der Waals surface area contributed by atoms with Crippen molar-refractivity contribution < 1.29 is 22.8 Å². The van der Waals surface area contributed by atoms with E-state index in [-0.39, 0.29) is 30.0 Å². The number of carbonyl (C=O) groups excluding carboxylic acids is 3. The number of hydrogen-bond donors (Lipinski definition) is 1. The van der Waals surface area contributed by atoms with E-state index >= 15 is 0 Å². The standard InChI is InChI=1S/C27H34ClN3O5S/c1-19(27(34)29-23-12-5-4-6-13-23)30(17-22-10-7-8-15-25(22)28)26(33)18-31(37(3,35)36)24-14-9-11-21(16-24)20(2)32/h7-11,14-16,19,23H,4-6,12-13,17-18H2,1-3H3,(H,29,34)/t19-/m0/s1. The quantitative estimate of drug-likeness (QED) is 0.449. The first-order valence-electron chi connectivity index (χ1n) is 12.4. The Balaban J connectivity index is 1.91. The number of Topliss-reactive ketones (excluding diaryl/α,β-unsaturated/α-hetero) is 1. The Kier molecular flexibility index (Phi) is 9.73. The van der Waals surface area contributed by atoms with E-state index in [1.165, 1.54) is 24.0 Å². The molecule has 1 saturated carbocycles. The van der Waals surface area contributed by atoms with Crippen molar-refractivity contribution in [3.63, 3.8) is 0 Å². The van der Waals surface area contributed by atoms with E-state index in [1.54, 1.807) is 43.3 Å². The van der Waals surface area contributed by atoms with Crippen molar-refractivity contribution in [2.45, 2.75) is 64.6 Å². The minimum atomic E-state index is -3.89. The Labute approximate surface area is 224 Å². The molecule has 10 heteroatoms. The number of rotatable bonds is 10. The first-order valence-corrected chi connectivity index (χ1v) is 14.6. The van der Waals surface area contributed by atoms with E-state index in [0.717, 1.165) is 42.7 Å². The lowest BCUT2D eigenvalue weighted by Crippen LogP contribution is -2.53. The number of carbonyl (C=O) groups is 3. The predicted molar refractivity (Wildman–Crippen MR) is 145 cm³/mol. The number of halogens is 1. The fourth-order valence-corrected chi connectivity index (χ4v) is 5.49. The van der Waals surface area contributed by atoms with Gasteiger partial charge < -0.3 is 10.2 Å². The lowest BCUT2D eigenvalue weighted by atomic mass is 9.95. The van der Waals surface area contributed by atoms with Crippen molar-refractivity contribution in [1.29, 1.82) is 0 Å². The molecule has 2 amide bonds. The normalized spacial score (nSPS) is 15.0. The summed E-state index contributed by atoms with van der Waals surface area (Å²) in [6.45, 7) is 2.51. The van der Waals surface area contributed by atoms with Gasteiger partial charge in [-0.05, 0) is 50.5 Å². The van der Waals surface area contributed by atoms with E-state index in [9.17, 15) is 22.8 Å². The smallest absolute Gasteiger partial charge is 0.244 e. The number of nitrogens with one attached hydrogen (secondary N) is 1. The van der Waals surface area contributed by atoms with Crippen LogP contribution in [0.25, 0.3) is 0 Å². The van der Waals surface area contributed by atoms with Crippen molar-refractivity contribution in [2.75, 3.05) is 17.1 Å². The molecule has 1 aliphatic carbocycles. The maximum absolute atomic E-state index is 13.7. The second kappa shape index (κ2) is 12.6. The number of hydrogen-bond acceptors (Lipinski definition) is 5. The number of benzene rings is 2. The summed E-state index contributed by atoms with van der Waals surface area (Å²) in [4.78, 5) is 40.1. The molecule has 1 atom stereocenters. The van der Waals surface area contributed by atoms with Crippen LogP contribution in [-0.4, -0.2) is 55.8 Å². The third-order valence-corrected chi connectivity index (χ3v) is 8.15. The summed E-state index contributed by atoms with van der Waals surface area (Å²) in [5.74, 6) is -1.09. The predicted octanol–water partition coefficient (Wildman–Crippen LogP) is 4.17. The molecule has 0 aromatic heterocycles. The second-order valence-electron chi connectivity index (χ2n) is 9.51. The van der Waals surface area contributed by atoms with Crippen LogP contribution in [0.5, 0.6) is 0 Å². The molecule has 2 aromatic rings. The van der Waals surface area contributed by atoms with Crippen LogP contribution in [0.4, 0.5) is 5.69 Å². The van der Waals surface area contributed by atoms with Gasteiger partial charge in [-0.3, -0.25) is 18.7 Å². The van der Waals surface area contributed by atoms with E-state index in [1.807, 2.05) is 0 Å². The molecule has 200 valence electrons. The number of anilines is 1. The Bertz CT molecular complexity index is 1240. The van der Waals surface area contributed by atoms with E-state index in [4.69, 9.17) is 11.6 Å². The summed E-state index contributed by atoms with van der Waals surface area (Å²) in [6, 6.07) is 12.3.